The number of oxime groups is 1. The van der Waals surface area contributed by atoms with Crippen LogP contribution in [0.2, 0.25) is 0 Å². The number of nitrogens with zero attached hydrogens (tertiary/aromatic N) is 1. The first-order valence-electron chi connectivity index (χ1n) is 6.77. The number of rotatable bonds is 2. The Hall–Kier alpha value is -2.29. The molecule has 0 fully saturated rings. The van der Waals surface area contributed by atoms with Gasteiger partial charge in [0, 0.05) is 11.5 Å². The van der Waals surface area contributed by atoms with Crippen LogP contribution in [0.15, 0.2) is 53.7 Å². The van der Waals surface area contributed by atoms with Crippen LogP contribution < -0.4 is 4.74 Å². The number of benzene rings is 2. The Bertz CT molecular complexity index is 632. The fourth-order valence-corrected chi connectivity index (χ4v) is 2.90. The molecule has 1 aliphatic carbocycles. The first-order valence-corrected chi connectivity index (χ1v) is 6.77. The molecule has 2 aromatic rings. The zero-order valence-corrected chi connectivity index (χ0v) is 11.4. The molecule has 20 heavy (non-hydrogen) atoms. The van der Waals surface area contributed by atoms with E-state index in [4.69, 9.17) is 4.74 Å². The highest BCUT2D eigenvalue weighted by Gasteiger charge is 2.27. The van der Waals surface area contributed by atoms with Gasteiger partial charge in [0.2, 0.25) is 0 Å². The van der Waals surface area contributed by atoms with Crippen molar-refractivity contribution >= 4 is 5.71 Å². The number of methoxy groups -OCH3 is 1. The van der Waals surface area contributed by atoms with Gasteiger partial charge in [-0.05, 0) is 36.1 Å². The topological polar surface area (TPSA) is 41.8 Å². The molecular weight excluding hydrogens is 250 g/mol. The predicted molar refractivity (Wildman–Crippen MR) is 78.8 cm³/mol. The fourth-order valence-electron chi connectivity index (χ4n) is 2.90. The summed E-state index contributed by atoms with van der Waals surface area (Å²) in [5.74, 6) is 0.980. The third kappa shape index (κ3) is 2.16. The van der Waals surface area contributed by atoms with Crippen LogP contribution >= 0.6 is 0 Å². The van der Waals surface area contributed by atoms with Gasteiger partial charge in [0.25, 0.3) is 0 Å². The predicted octanol–water partition coefficient (Wildman–Crippen LogP) is 3.60. The minimum absolute atomic E-state index is 0.140. The highest BCUT2D eigenvalue weighted by Crippen LogP contribution is 2.33. The summed E-state index contributed by atoms with van der Waals surface area (Å²) in [6.07, 6.45) is 1.97. The van der Waals surface area contributed by atoms with Crippen LogP contribution in [0.4, 0.5) is 0 Å². The molecule has 0 amide bonds. The Kier molecular flexibility index (Phi) is 3.42. The summed E-state index contributed by atoms with van der Waals surface area (Å²) in [6.45, 7) is 0. The second kappa shape index (κ2) is 5.37. The van der Waals surface area contributed by atoms with Crippen LogP contribution in [-0.2, 0) is 6.42 Å². The van der Waals surface area contributed by atoms with Crippen molar-refractivity contribution < 1.29 is 9.94 Å². The van der Waals surface area contributed by atoms with E-state index in [1.807, 2.05) is 42.5 Å². The van der Waals surface area contributed by atoms with E-state index in [0.717, 1.165) is 35.4 Å². The van der Waals surface area contributed by atoms with Gasteiger partial charge >= 0.3 is 0 Å². The summed E-state index contributed by atoms with van der Waals surface area (Å²) >= 11 is 0. The monoisotopic (exact) mass is 267 g/mol. The lowest BCUT2D eigenvalue weighted by molar-refractivity contribution is 0.316. The van der Waals surface area contributed by atoms with E-state index in [2.05, 4.69) is 11.2 Å². The Morgan fingerprint density at radius 3 is 2.55 bits per heavy atom. The van der Waals surface area contributed by atoms with E-state index >= 15 is 0 Å². The van der Waals surface area contributed by atoms with Gasteiger partial charge in [-0.2, -0.15) is 0 Å². The molecule has 0 radical (unpaired) electrons. The molecule has 102 valence electrons. The first-order chi connectivity index (χ1) is 9.83. The normalized spacial score (nSPS) is 19.6. The maximum atomic E-state index is 9.43. The van der Waals surface area contributed by atoms with Gasteiger partial charge in [0.1, 0.15) is 5.75 Å². The standard InChI is InChI=1S/C17H17NO2/c1-20-14-9-6-13(7-10-14)16-11-8-12-4-2-3-5-15(12)17(16)18-19/h2-7,9-10,16,19H,8,11H2,1H3/b18-17-/t16-/m0/s1. The molecular formula is C17H17NO2. The number of fused-ring (bicyclic) bond motifs is 1. The highest BCUT2D eigenvalue weighted by atomic mass is 16.5. The molecule has 0 heterocycles. The third-order valence-corrected chi connectivity index (χ3v) is 3.95. The average molecular weight is 267 g/mol. The van der Waals surface area contributed by atoms with Crippen molar-refractivity contribution in [1.82, 2.24) is 0 Å². The molecule has 3 nitrogen and oxygen atoms in total. The van der Waals surface area contributed by atoms with Crippen molar-refractivity contribution in [3.05, 3.63) is 65.2 Å². The van der Waals surface area contributed by atoms with Gasteiger partial charge in [-0.15, -0.1) is 0 Å². The molecule has 0 bridgehead atoms. The third-order valence-electron chi connectivity index (χ3n) is 3.95. The molecule has 1 atom stereocenters. The molecule has 2 aromatic carbocycles. The first kappa shape index (κ1) is 12.7. The van der Waals surface area contributed by atoms with Gasteiger partial charge in [-0.3, -0.25) is 0 Å². The van der Waals surface area contributed by atoms with Crippen LogP contribution in [0.3, 0.4) is 0 Å². The van der Waals surface area contributed by atoms with Crippen molar-refractivity contribution in [3.8, 4) is 5.75 Å². The van der Waals surface area contributed by atoms with E-state index in [-0.39, 0.29) is 5.92 Å². The molecule has 0 saturated heterocycles. The maximum absolute atomic E-state index is 9.43. The summed E-state index contributed by atoms with van der Waals surface area (Å²) in [5.41, 5.74) is 4.23. The maximum Gasteiger partial charge on any atom is 0.118 e. The SMILES string of the molecule is COc1ccc([C@@H]2CCc3ccccc3/C2=N/O)cc1. The van der Waals surface area contributed by atoms with E-state index in [1.165, 1.54) is 5.56 Å². The second-order valence-corrected chi connectivity index (χ2v) is 5.01. The molecule has 1 N–H and O–H groups in total. The van der Waals surface area contributed by atoms with E-state index < -0.39 is 0 Å². The molecule has 0 unspecified atom stereocenters. The molecule has 0 aromatic heterocycles. The quantitative estimate of drug-likeness (QED) is 0.667. The summed E-state index contributed by atoms with van der Waals surface area (Å²) < 4.78 is 5.19. The Morgan fingerprint density at radius 2 is 1.85 bits per heavy atom. The summed E-state index contributed by atoms with van der Waals surface area (Å²) in [5, 5.41) is 13.0. The van der Waals surface area contributed by atoms with Crippen molar-refractivity contribution in [2.75, 3.05) is 7.11 Å². The Morgan fingerprint density at radius 1 is 1.10 bits per heavy atom. The van der Waals surface area contributed by atoms with E-state index in [0.29, 0.717) is 0 Å². The zero-order chi connectivity index (χ0) is 13.9. The lowest BCUT2D eigenvalue weighted by atomic mass is 9.78. The van der Waals surface area contributed by atoms with E-state index in [9.17, 15) is 5.21 Å². The van der Waals surface area contributed by atoms with Crippen LogP contribution in [0.5, 0.6) is 5.75 Å². The smallest absolute Gasteiger partial charge is 0.118 e. The Balaban J connectivity index is 1.98. The van der Waals surface area contributed by atoms with Crippen LogP contribution in [0.1, 0.15) is 29.0 Å². The Labute approximate surface area is 118 Å². The number of hydrogen-bond acceptors (Lipinski definition) is 3. The van der Waals surface area contributed by atoms with Crippen molar-refractivity contribution in [2.45, 2.75) is 18.8 Å². The fraction of sp³-hybridized carbons (Fsp3) is 0.235. The van der Waals surface area contributed by atoms with Gasteiger partial charge in [0.15, 0.2) is 0 Å². The lowest BCUT2D eigenvalue weighted by Crippen LogP contribution is -2.21. The summed E-state index contributed by atoms with van der Waals surface area (Å²) in [4.78, 5) is 0. The largest absolute Gasteiger partial charge is 0.497 e. The van der Waals surface area contributed by atoms with Gasteiger partial charge in [0.05, 0.1) is 12.8 Å². The summed E-state index contributed by atoms with van der Waals surface area (Å²) in [7, 11) is 1.66. The zero-order valence-electron chi connectivity index (χ0n) is 11.4. The lowest BCUT2D eigenvalue weighted by Gasteiger charge is -2.26. The van der Waals surface area contributed by atoms with Gasteiger partial charge in [-0.25, -0.2) is 0 Å². The summed E-state index contributed by atoms with van der Waals surface area (Å²) in [6, 6.07) is 16.1. The minimum Gasteiger partial charge on any atom is -0.497 e. The van der Waals surface area contributed by atoms with Crippen LogP contribution in [0, 0.1) is 0 Å². The average Bonchev–Trinajstić information content (AvgIpc) is 2.54. The number of aryl methyl sites for hydroxylation is 1. The molecule has 3 rings (SSSR count). The van der Waals surface area contributed by atoms with E-state index in [1.54, 1.807) is 7.11 Å². The van der Waals surface area contributed by atoms with Gasteiger partial charge < -0.3 is 9.94 Å². The molecule has 0 aliphatic heterocycles. The highest BCUT2D eigenvalue weighted by molar-refractivity contribution is 6.06. The second-order valence-electron chi connectivity index (χ2n) is 5.01. The minimum atomic E-state index is 0.140. The van der Waals surface area contributed by atoms with Gasteiger partial charge in [-0.1, -0.05) is 41.6 Å². The number of ether oxygens (including phenoxy) is 1. The van der Waals surface area contributed by atoms with Crippen molar-refractivity contribution in [3.63, 3.8) is 0 Å². The molecule has 1 aliphatic rings. The van der Waals surface area contributed by atoms with Crippen molar-refractivity contribution in [1.29, 1.82) is 0 Å². The van der Waals surface area contributed by atoms with Crippen molar-refractivity contribution in [2.24, 2.45) is 5.16 Å². The molecule has 3 heteroatoms. The molecule has 0 saturated carbocycles. The van der Waals surface area contributed by atoms with Crippen LogP contribution in [-0.4, -0.2) is 18.0 Å². The number of hydrogen-bond donors (Lipinski definition) is 1. The van der Waals surface area contributed by atoms with Crippen LogP contribution in [0.25, 0.3) is 0 Å². The molecule has 0 spiro atoms.